The Labute approximate surface area is 272 Å². The van der Waals surface area contributed by atoms with Gasteiger partial charge in [0.2, 0.25) is 0 Å². The van der Waals surface area contributed by atoms with Crippen LogP contribution in [0.15, 0.2) is 22.2 Å². The summed E-state index contributed by atoms with van der Waals surface area (Å²) in [4.78, 5) is 65.6. The first-order valence-corrected chi connectivity index (χ1v) is 18.3. The second-order valence-corrected chi connectivity index (χ2v) is 16.4. The second-order valence-electron chi connectivity index (χ2n) is 14.1. The molecule has 3 aliphatic carbocycles. The molecule has 1 heterocycles. The van der Waals surface area contributed by atoms with E-state index in [2.05, 4.69) is 32.7 Å². The lowest BCUT2D eigenvalue weighted by atomic mass is 9.44. The number of Topliss-reactive ketones (excluding diaryl/α,β-unsaturated/α-hetero) is 1. The number of aliphatic carboxylic acids is 1. The average Bonchev–Trinajstić information content (AvgIpc) is 3.38. The summed E-state index contributed by atoms with van der Waals surface area (Å²) in [6.45, 7) is 13.5. The van der Waals surface area contributed by atoms with Crippen molar-refractivity contribution in [3.05, 3.63) is 33.1 Å². The van der Waals surface area contributed by atoms with Crippen molar-refractivity contribution in [3.63, 3.8) is 0 Å². The minimum absolute atomic E-state index is 0.0254. The Morgan fingerprint density at radius 2 is 1.87 bits per heavy atom. The van der Waals surface area contributed by atoms with Gasteiger partial charge in [-0.2, -0.15) is 11.8 Å². The van der Waals surface area contributed by atoms with E-state index in [-0.39, 0.29) is 51.8 Å². The van der Waals surface area contributed by atoms with Crippen LogP contribution in [0.2, 0.25) is 0 Å². The van der Waals surface area contributed by atoms with Gasteiger partial charge in [-0.05, 0) is 42.9 Å². The van der Waals surface area contributed by atoms with Crippen molar-refractivity contribution in [2.24, 2.45) is 34.0 Å². The fraction of sp³-hybridized carbons (Fsp3) is 0.727. The molecule has 1 aromatic carbocycles. The van der Waals surface area contributed by atoms with E-state index in [0.29, 0.717) is 32.4 Å². The molecule has 1 aliphatic heterocycles. The maximum atomic E-state index is 13.6. The number of hydrogen-bond acceptors (Lipinski definition) is 11. The lowest BCUT2D eigenvalue weighted by molar-refractivity contribution is -0.205. The molecule has 1 saturated heterocycles. The molecule has 9 atom stereocenters. The highest BCUT2D eigenvalue weighted by Crippen LogP contribution is 2.68. The molecule has 1 aromatic rings. The van der Waals surface area contributed by atoms with Gasteiger partial charge in [-0.1, -0.05) is 33.8 Å². The zero-order chi connectivity index (χ0) is 32.9. The highest BCUT2D eigenvalue weighted by molar-refractivity contribution is 8.00. The highest BCUT2D eigenvalue weighted by Gasteiger charge is 2.68. The van der Waals surface area contributed by atoms with E-state index in [1.54, 1.807) is 17.8 Å². The van der Waals surface area contributed by atoms with E-state index < -0.39 is 51.9 Å². The van der Waals surface area contributed by atoms with Crippen molar-refractivity contribution in [2.45, 2.75) is 78.0 Å². The maximum absolute atomic E-state index is 13.6. The first kappa shape index (κ1) is 34.0. The Morgan fingerprint density at radius 1 is 1.18 bits per heavy atom. The fourth-order valence-corrected chi connectivity index (χ4v) is 10.6. The molecule has 3 saturated carbocycles. The van der Waals surface area contributed by atoms with E-state index in [4.69, 9.17) is 4.74 Å². The molecule has 0 radical (unpaired) electrons. The third-order valence-corrected chi connectivity index (χ3v) is 13.9. The smallest absolute Gasteiger partial charge is 0.326 e. The third kappa shape index (κ3) is 5.66. The van der Waals surface area contributed by atoms with Crippen LogP contribution in [-0.4, -0.2) is 82.3 Å². The number of hydrogen-bond donors (Lipinski definition) is 3. The van der Waals surface area contributed by atoms with Crippen molar-refractivity contribution in [3.8, 4) is 0 Å². The molecule has 3 N–H and O–H groups in total. The molecule has 4 aliphatic rings. The van der Waals surface area contributed by atoms with Crippen LogP contribution in [0, 0.1) is 34.0 Å². The molecule has 4 fully saturated rings. The summed E-state index contributed by atoms with van der Waals surface area (Å²) in [6.07, 6.45) is 3.54. The number of rotatable bonds is 10. The predicted molar refractivity (Wildman–Crippen MR) is 178 cm³/mol. The normalized spacial score (nSPS) is 37.3. The van der Waals surface area contributed by atoms with Gasteiger partial charge in [-0.15, -0.1) is 18.3 Å². The van der Waals surface area contributed by atoms with Crippen LogP contribution >= 0.6 is 23.5 Å². The van der Waals surface area contributed by atoms with Gasteiger partial charge < -0.3 is 25.2 Å². The molecule has 12 heteroatoms. The Morgan fingerprint density at radius 3 is 2.51 bits per heavy atom. The molecular formula is C33H46N2O8S2. The van der Waals surface area contributed by atoms with Crippen LogP contribution in [0.5, 0.6) is 0 Å². The first-order valence-electron chi connectivity index (χ1n) is 16.0. The van der Waals surface area contributed by atoms with Crippen molar-refractivity contribution in [1.29, 1.82) is 0 Å². The lowest BCUT2D eigenvalue weighted by Crippen LogP contribution is -2.63. The summed E-state index contributed by atoms with van der Waals surface area (Å²) in [7, 11) is 0. The van der Waals surface area contributed by atoms with E-state index in [1.807, 2.05) is 11.8 Å². The number of nitrogens with one attached hydrogen (secondary N) is 1. The van der Waals surface area contributed by atoms with Gasteiger partial charge in [0.05, 0.1) is 11.9 Å². The number of thioether (sulfide) groups is 2. The zero-order valence-corrected chi connectivity index (χ0v) is 28.3. The summed E-state index contributed by atoms with van der Waals surface area (Å²) in [5, 5.41) is 24.3. The number of ketones is 1. The number of anilines is 2. The fourth-order valence-electron chi connectivity index (χ4n) is 8.91. The van der Waals surface area contributed by atoms with Gasteiger partial charge in [-0.25, -0.2) is 4.79 Å². The number of aliphatic hydroxyl groups excluding tert-OH is 1. The third-order valence-electron chi connectivity index (χ3n) is 11.9. The number of ether oxygens (including phenoxy) is 1. The van der Waals surface area contributed by atoms with E-state index >= 15 is 0 Å². The van der Waals surface area contributed by atoms with Gasteiger partial charge in [0.1, 0.15) is 29.3 Å². The number of nitrogens with zero attached hydrogens (tertiary/aromatic N) is 1. The van der Waals surface area contributed by atoms with Gasteiger partial charge >= 0.3 is 11.9 Å². The highest BCUT2D eigenvalue weighted by atomic mass is 32.2. The van der Waals surface area contributed by atoms with Crippen LogP contribution in [0.4, 0.5) is 11.4 Å². The summed E-state index contributed by atoms with van der Waals surface area (Å²) >= 11 is 2.82. The number of carboxylic acids is 1. The minimum atomic E-state index is -1.20. The summed E-state index contributed by atoms with van der Waals surface area (Å²) in [5.74, 6) is -0.451. The Kier molecular flexibility index (Phi) is 9.61. The maximum Gasteiger partial charge on any atom is 0.326 e. The monoisotopic (exact) mass is 662 g/mol. The molecule has 0 amide bonds. The van der Waals surface area contributed by atoms with E-state index in [1.165, 1.54) is 0 Å². The standard InChI is InChI=1S/C33H46N2O8S2/c1-6-31(4)15-22(32(5)18(2)7-9-33(19(3)29(31)40)10-8-21(36)28(32)33)43-23(37)17-45-16-20(30(41)42)34-24-25(27(39)26(24)38)35-11-13-44-14-12-35/h6,18-20,22,28-29,34,40H,1,7-17H2,2-5H3,(H,41,42)/t18-,19+,20?,22-,28+,29+,31-,32+,33+/m1/s1. The predicted octanol–water partition coefficient (Wildman–Crippen LogP) is 3.34. The molecule has 0 aromatic heterocycles. The molecule has 5 rings (SSSR count). The molecule has 248 valence electrons. The van der Waals surface area contributed by atoms with Crippen LogP contribution < -0.4 is 21.1 Å². The number of carboxylic acid groups (broad SMARTS) is 1. The van der Waals surface area contributed by atoms with E-state index in [9.17, 15) is 34.2 Å². The topological polar surface area (TPSA) is 150 Å². The first-order chi connectivity index (χ1) is 21.2. The molecular weight excluding hydrogens is 617 g/mol. The van der Waals surface area contributed by atoms with E-state index in [0.717, 1.165) is 36.1 Å². The Balaban J connectivity index is 1.31. The molecule has 1 unspecified atom stereocenters. The molecule has 10 nitrogen and oxygen atoms in total. The minimum Gasteiger partial charge on any atom is -0.480 e. The number of esters is 1. The molecule has 2 bridgehead atoms. The lowest BCUT2D eigenvalue weighted by Gasteiger charge is -2.61. The number of carbonyl (C=O) groups is 3. The van der Waals surface area contributed by atoms with Gasteiger partial charge in [0, 0.05) is 53.5 Å². The summed E-state index contributed by atoms with van der Waals surface area (Å²) < 4.78 is 6.25. The van der Waals surface area contributed by atoms with Gasteiger partial charge in [-0.3, -0.25) is 19.2 Å². The van der Waals surface area contributed by atoms with Gasteiger partial charge in [0.25, 0.3) is 10.9 Å². The van der Waals surface area contributed by atoms with Crippen molar-refractivity contribution in [1.82, 2.24) is 0 Å². The number of aliphatic hydroxyl groups is 1. The Hall–Kier alpha value is -2.31. The van der Waals surface area contributed by atoms with Crippen LogP contribution in [0.1, 0.15) is 59.8 Å². The second kappa shape index (κ2) is 12.7. The van der Waals surface area contributed by atoms with Crippen LogP contribution in [0.25, 0.3) is 0 Å². The quantitative estimate of drug-likeness (QED) is 0.192. The largest absolute Gasteiger partial charge is 0.480 e. The Bertz CT molecular complexity index is 1420. The van der Waals surface area contributed by atoms with Crippen molar-refractivity contribution >= 4 is 52.6 Å². The zero-order valence-electron chi connectivity index (χ0n) is 26.6. The number of carbonyl (C=O) groups excluding carboxylic acids is 2. The SMILES string of the molecule is C=C[C@]1(C)C[C@@H](OC(=O)CSCC(Nc2c(N3CCSCC3)c(=O)c2=O)C(=O)O)[C@]2(C)[C@H](C)CC[C@]3(CCC(=O)[C@H]32)[C@@H](C)[C@@H]1O. The van der Waals surface area contributed by atoms with Gasteiger partial charge in [0.15, 0.2) is 0 Å². The van der Waals surface area contributed by atoms with Crippen molar-refractivity contribution in [2.75, 3.05) is 46.3 Å². The molecule has 45 heavy (non-hydrogen) atoms. The summed E-state index contributed by atoms with van der Waals surface area (Å²) in [5.41, 5.74) is -2.82. The average molecular weight is 663 g/mol. The molecule has 0 spiro atoms. The van der Waals surface area contributed by atoms with Crippen LogP contribution in [0.3, 0.4) is 0 Å². The van der Waals surface area contributed by atoms with Crippen molar-refractivity contribution < 1.29 is 29.3 Å². The summed E-state index contributed by atoms with van der Waals surface area (Å²) in [6, 6.07) is -1.20. The van der Waals surface area contributed by atoms with Crippen LogP contribution in [-0.2, 0) is 19.1 Å².